The molecule has 0 bridgehead atoms. The molecule has 0 aromatic rings. The number of nitrogens with two attached hydrogens (primary N) is 1. The van der Waals surface area contributed by atoms with Crippen LogP contribution in [-0.2, 0) is 33.5 Å². The molecule has 0 aromatic heterocycles. The normalized spacial score (nSPS) is 12.3. The zero-order valence-electron chi connectivity index (χ0n) is 16.5. The fraction of sp³-hybridized carbons (Fsp3) is 0.647. The van der Waals surface area contributed by atoms with Crippen LogP contribution in [0, 0.1) is 0 Å². The predicted octanol–water partition coefficient (Wildman–Crippen LogP) is -1.49. The number of unbranched alkanes of at least 4 members (excludes halogenated alkanes) is 1. The number of hydrogen-bond acceptors (Lipinski definition) is 9. The van der Waals surface area contributed by atoms with E-state index in [9.17, 15) is 28.8 Å². The molecule has 0 rings (SSSR count). The third-order valence-corrected chi connectivity index (χ3v) is 4.58. The Kier molecular flexibility index (Phi) is 13.9. The summed E-state index contributed by atoms with van der Waals surface area (Å²) in [6.45, 7) is 1.34. The molecule has 0 aromatic carbocycles. The zero-order valence-corrected chi connectivity index (χ0v) is 17.4. The number of aliphatic carboxylic acids is 2. The highest BCUT2D eigenvalue weighted by molar-refractivity contribution is 8.00. The van der Waals surface area contributed by atoms with Crippen molar-refractivity contribution in [2.75, 3.05) is 24.7 Å². The quantitative estimate of drug-likeness (QED) is 0.104. The molecule has 2 amide bonds. The highest BCUT2D eigenvalue weighted by Crippen LogP contribution is 2.06. The number of ketones is 1. The minimum Gasteiger partial charge on any atom is -0.480 e. The Balaban J connectivity index is 4.69. The fourth-order valence-electron chi connectivity index (χ4n) is 1.86. The second-order valence-electron chi connectivity index (χ2n) is 6.14. The first-order valence-electron chi connectivity index (χ1n) is 9.13. The summed E-state index contributed by atoms with van der Waals surface area (Å²) in [7, 11) is 0. The number of carboxylic acids is 2. The average molecular weight is 449 g/mol. The molecule has 2 unspecified atom stereocenters. The molecule has 0 fully saturated rings. The molecule has 0 saturated carbocycles. The third-order valence-electron chi connectivity index (χ3n) is 3.54. The maximum atomic E-state index is 12.1. The summed E-state index contributed by atoms with van der Waals surface area (Å²) in [5.74, 6) is -6.28. The summed E-state index contributed by atoms with van der Waals surface area (Å²) in [5.41, 5.74) is 5.31. The number of carbonyl (C=O) groups is 6. The van der Waals surface area contributed by atoms with E-state index in [0.29, 0.717) is 6.42 Å². The molecule has 0 aliphatic carbocycles. The second-order valence-corrected chi connectivity index (χ2v) is 7.17. The summed E-state index contributed by atoms with van der Waals surface area (Å²) in [6, 6.07) is -2.45. The summed E-state index contributed by atoms with van der Waals surface area (Å²) < 4.78 is 4.78. The van der Waals surface area contributed by atoms with E-state index >= 15 is 0 Å². The Morgan fingerprint density at radius 3 is 2.37 bits per heavy atom. The van der Waals surface area contributed by atoms with Crippen molar-refractivity contribution in [2.24, 2.45) is 5.73 Å². The van der Waals surface area contributed by atoms with Crippen molar-refractivity contribution in [3.63, 3.8) is 0 Å². The van der Waals surface area contributed by atoms with Crippen molar-refractivity contribution >= 4 is 47.3 Å². The first-order chi connectivity index (χ1) is 14.1. The van der Waals surface area contributed by atoms with Crippen LogP contribution < -0.4 is 16.4 Å². The molecule has 30 heavy (non-hydrogen) atoms. The Morgan fingerprint density at radius 2 is 1.80 bits per heavy atom. The molecule has 0 spiro atoms. The summed E-state index contributed by atoms with van der Waals surface area (Å²) >= 11 is 0.879. The van der Waals surface area contributed by atoms with Gasteiger partial charge in [-0.25, -0.2) is 4.79 Å². The van der Waals surface area contributed by atoms with Crippen molar-refractivity contribution in [2.45, 2.75) is 44.7 Å². The minimum atomic E-state index is -1.29. The van der Waals surface area contributed by atoms with Crippen LogP contribution in [0.1, 0.15) is 32.6 Å². The predicted molar refractivity (Wildman–Crippen MR) is 106 cm³/mol. The maximum absolute atomic E-state index is 12.1. The number of nitrogens with one attached hydrogen (secondary N) is 2. The standard InChI is InChI=1S/C17H27N3O9S/c1-2-3-6-29-17(28)12(21)9-30-8-11(15(25)19-7-14(23)24)20-13(22)5-4-10(18)16(26)27/h10-11H,2-9,18H2,1H3,(H,19,25)(H,20,22)(H,23,24)(H,26,27). The van der Waals surface area contributed by atoms with Crippen LogP contribution in [0.5, 0.6) is 0 Å². The van der Waals surface area contributed by atoms with Gasteiger partial charge in [-0.3, -0.25) is 24.0 Å². The molecule has 0 aliphatic heterocycles. The van der Waals surface area contributed by atoms with Crippen molar-refractivity contribution in [3.05, 3.63) is 0 Å². The van der Waals surface area contributed by atoms with Gasteiger partial charge in [-0.1, -0.05) is 13.3 Å². The Labute approximate surface area is 177 Å². The van der Waals surface area contributed by atoms with Gasteiger partial charge in [-0.2, -0.15) is 11.8 Å². The Bertz CT molecular complexity index is 642. The van der Waals surface area contributed by atoms with Gasteiger partial charge in [-0.15, -0.1) is 0 Å². The molecule has 0 heterocycles. The number of esters is 1. The number of amides is 2. The van der Waals surface area contributed by atoms with E-state index in [1.807, 2.05) is 6.92 Å². The van der Waals surface area contributed by atoms with E-state index in [1.165, 1.54) is 0 Å². The van der Waals surface area contributed by atoms with Crippen LogP contribution in [0.2, 0.25) is 0 Å². The highest BCUT2D eigenvalue weighted by atomic mass is 32.2. The molecule has 13 heteroatoms. The molecule has 0 aliphatic rings. The lowest BCUT2D eigenvalue weighted by Crippen LogP contribution is -2.49. The van der Waals surface area contributed by atoms with Gasteiger partial charge >= 0.3 is 17.9 Å². The number of Topliss-reactive ketones (excluding diaryl/α,β-unsaturated/α-hetero) is 1. The van der Waals surface area contributed by atoms with Gasteiger partial charge in [0.2, 0.25) is 17.6 Å². The molecule has 0 saturated heterocycles. The molecule has 12 nitrogen and oxygen atoms in total. The number of carbonyl (C=O) groups excluding carboxylic acids is 4. The van der Waals surface area contributed by atoms with Crippen molar-refractivity contribution in [1.82, 2.24) is 10.6 Å². The van der Waals surface area contributed by atoms with E-state index in [1.54, 1.807) is 0 Å². The topological polar surface area (TPSA) is 202 Å². The summed E-state index contributed by atoms with van der Waals surface area (Å²) in [4.78, 5) is 68.6. The van der Waals surface area contributed by atoms with Gasteiger partial charge in [0, 0.05) is 12.2 Å². The summed E-state index contributed by atoms with van der Waals surface area (Å²) in [6.07, 6.45) is 0.972. The number of hydrogen-bond donors (Lipinski definition) is 5. The first-order valence-corrected chi connectivity index (χ1v) is 10.3. The number of thioether (sulfide) groups is 1. The lowest BCUT2D eigenvalue weighted by atomic mass is 10.1. The average Bonchev–Trinajstić information content (AvgIpc) is 2.69. The van der Waals surface area contributed by atoms with Crippen LogP contribution in [0.25, 0.3) is 0 Å². The van der Waals surface area contributed by atoms with E-state index in [2.05, 4.69) is 10.6 Å². The molecular formula is C17H27N3O9S. The monoisotopic (exact) mass is 449 g/mol. The van der Waals surface area contributed by atoms with Gasteiger partial charge < -0.3 is 31.3 Å². The Hall–Kier alpha value is -2.67. The number of rotatable bonds is 16. The number of ether oxygens (including phenoxy) is 1. The molecule has 170 valence electrons. The van der Waals surface area contributed by atoms with Crippen LogP contribution in [-0.4, -0.2) is 82.5 Å². The number of carboxylic acid groups (broad SMARTS) is 2. The van der Waals surface area contributed by atoms with Crippen molar-refractivity contribution in [1.29, 1.82) is 0 Å². The second kappa shape index (κ2) is 15.2. The lowest BCUT2D eigenvalue weighted by molar-refractivity contribution is -0.152. The maximum Gasteiger partial charge on any atom is 0.375 e. The van der Waals surface area contributed by atoms with Crippen molar-refractivity contribution in [3.8, 4) is 0 Å². The van der Waals surface area contributed by atoms with Crippen LogP contribution >= 0.6 is 11.8 Å². The zero-order chi connectivity index (χ0) is 23.1. The van der Waals surface area contributed by atoms with Gasteiger partial charge in [0.15, 0.2) is 0 Å². The van der Waals surface area contributed by atoms with E-state index in [0.717, 1.165) is 18.2 Å². The van der Waals surface area contributed by atoms with E-state index in [-0.39, 0.29) is 31.0 Å². The smallest absolute Gasteiger partial charge is 0.375 e. The fourth-order valence-corrected chi connectivity index (χ4v) is 2.76. The van der Waals surface area contributed by atoms with Crippen LogP contribution in [0.3, 0.4) is 0 Å². The van der Waals surface area contributed by atoms with Gasteiger partial charge in [0.05, 0.1) is 12.4 Å². The van der Waals surface area contributed by atoms with E-state index in [4.69, 9.17) is 20.7 Å². The molecule has 2 atom stereocenters. The molecular weight excluding hydrogens is 422 g/mol. The SMILES string of the molecule is CCCCOC(=O)C(=O)CSCC(NC(=O)CCC(N)C(=O)O)C(=O)NCC(=O)O. The highest BCUT2D eigenvalue weighted by Gasteiger charge is 2.24. The van der Waals surface area contributed by atoms with Gasteiger partial charge in [0.1, 0.15) is 18.6 Å². The van der Waals surface area contributed by atoms with Crippen molar-refractivity contribution < 1.29 is 43.7 Å². The Morgan fingerprint density at radius 1 is 1.13 bits per heavy atom. The largest absolute Gasteiger partial charge is 0.480 e. The minimum absolute atomic E-state index is 0.125. The lowest BCUT2D eigenvalue weighted by Gasteiger charge is -2.18. The molecule has 0 radical (unpaired) electrons. The summed E-state index contributed by atoms with van der Waals surface area (Å²) in [5, 5.41) is 21.8. The molecule has 6 N–H and O–H groups in total. The third kappa shape index (κ3) is 12.7. The van der Waals surface area contributed by atoms with Gasteiger partial charge in [0.25, 0.3) is 0 Å². The van der Waals surface area contributed by atoms with Gasteiger partial charge in [-0.05, 0) is 12.8 Å². The van der Waals surface area contributed by atoms with E-state index < -0.39 is 54.1 Å². The van der Waals surface area contributed by atoms with Crippen LogP contribution in [0.4, 0.5) is 0 Å². The van der Waals surface area contributed by atoms with Crippen LogP contribution in [0.15, 0.2) is 0 Å². The first kappa shape index (κ1) is 27.3.